The molecule has 0 aliphatic carbocycles. The van der Waals surface area contributed by atoms with E-state index in [2.05, 4.69) is 20.4 Å². The predicted octanol–water partition coefficient (Wildman–Crippen LogP) is 2.96. The molecule has 0 aliphatic rings. The molecule has 0 atom stereocenters. The molecule has 0 spiro atoms. The highest BCUT2D eigenvalue weighted by Gasteiger charge is 2.11. The van der Waals surface area contributed by atoms with Crippen LogP contribution in [-0.2, 0) is 13.6 Å². The van der Waals surface area contributed by atoms with Gasteiger partial charge in [-0.05, 0) is 23.1 Å². The van der Waals surface area contributed by atoms with E-state index >= 15 is 0 Å². The Balaban J connectivity index is 1.53. The molecule has 0 radical (unpaired) electrons. The second-order valence-corrected chi connectivity index (χ2v) is 6.05. The number of pyridine rings is 2. The minimum atomic E-state index is -0.200. The van der Waals surface area contributed by atoms with Crippen LogP contribution < -0.4 is 5.32 Å². The average Bonchev–Trinajstić information content (AvgIpc) is 3.12. The highest BCUT2D eigenvalue weighted by molar-refractivity contribution is 6.05. The summed E-state index contributed by atoms with van der Waals surface area (Å²) < 4.78 is 1.75. The molecule has 0 aliphatic heterocycles. The Bertz CT molecular complexity index is 1080. The summed E-state index contributed by atoms with van der Waals surface area (Å²) >= 11 is 0. The molecule has 4 aromatic rings. The molecular formula is C20H17N5O. The number of hydrogen-bond acceptors (Lipinski definition) is 4. The number of amides is 1. The van der Waals surface area contributed by atoms with Gasteiger partial charge >= 0.3 is 0 Å². The number of nitrogens with one attached hydrogen (secondary N) is 1. The van der Waals surface area contributed by atoms with Gasteiger partial charge in [0.1, 0.15) is 5.69 Å². The highest BCUT2D eigenvalue weighted by atomic mass is 16.1. The minimum absolute atomic E-state index is 0.200. The van der Waals surface area contributed by atoms with Gasteiger partial charge in [0, 0.05) is 54.9 Å². The number of benzene rings is 1. The van der Waals surface area contributed by atoms with E-state index < -0.39 is 0 Å². The van der Waals surface area contributed by atoms with Crippen LogP contribution in [0.3, 0.4) is 0 Å². The van der Waals surface area contributed by atoms with Crippen molar-refractivity contribution in [3.05, 3.63) is 78.6 Å². The first-order valence-corrected chi connectivity index (χ1v) is 8.25. The van der Waals surface area contributed by atoms with E-state index in [1.807, 2.05) is 49.6 Å². The molecule has 1 amide bonds. The van der Waals surface area contributed by atoms with Gasteiger partial charge in [0.05, 0.1) is 6.20 Å². The van der Waals surface area contributed by atoms with Gasteiger partial charge in [-0.15, -0.1) is 0 Å². The average molecular weight is 343 g/mol. The van der Waals surface area contributed by atoms with Gasteiger partial charge in [-0.25, -0.2) is 0 Å². The predicted molar refractivity (Wildman–Crippen MR) is 99.4 cm³/mol. The fourth-order valence-electron chi connectivity index (χ4n) is 2.88. The molecule has 0 saturated heterocycles. The van der Waals surface area contributed by atoms with Crippen molar-refractivity contribution in [2.75, 3.05) is 0 Å². The number of aryl methyl sites for hydroxylation is 1. The quantitative estimate of drug-likeness (QED) is 0.618. The van der Waals surface area contributed by atoms with Crippen molar-refractivity contribution in [3.8, 4) is 11.1 Å². The fourth-order valence-corrected chi connectivity index (χ4v) is 2.88. The molecule has 128 valence electrons. The first kappa shape index (κ1) is 16.0. The van der Waals surface area contributed by atoms with E-state index in [1.54, 1.807) is 29.5 Å². The molecule has 4 rings (SSSR count). The number of aromatic nitrogens is 4. The molecule has 0 bridgehead atoms. The van der Waals surface area contributed by atoms with Crippen LogP contribution >= 0.6 is 0 Å². The molecule has 1 N–H and O–H groups in total. The second-order valence-electron chi connectivity index (χ2n) is 6.05. The number of nitrogens with zero attached hydrogens (tertiary/aromatic N) is 4. The Morgan fingerprint density at radius 3 is 2.85 bits per heavy atom. The van der Waals surface area contributed by atoms with Gasteiger partial charge in [-0.1, -0.05) is 24.3 Å². The lowest BCUT2D eigenvalue weighted by Gasteiger charge is -2.08. The van der Waals surface area contributed by atoms with Crippen molar-refractivity contribution in [1.82, 2.24) is 25.1 Å². The van der Waals surface area contributed by atoms with Crippen molar-refractivity contribution in [2.24, 2.45) is 7.05 Å². The zero-order valence-electron chi connectivity index (χ0n) is 14.3. The maximum Gasteiger partial charge on any atom is 0.270 e. The van der Waals surface area contributed by atoms with Gasteiger partial charge in [-0.2, -0.15) is 5.10 Å². The Labute approximate surface area is 150 Å². The summed E-state index contributed by atoms with van der Waals surface area (Å²) in [5.41, 5.74) is 3.30. The van der Waals surface area contributed by atoms with Crippen molar-refractivity contribution >= 4 is 16.7 Å². The Kier molecular flexibility index (Phi) is 4.15. The van der Waals surface area contributed by atoms with E-state index in [0.29, 0.717) is 12.2 Å². The molecule has 26 heavy (non-hydrogen) atoms. The molecule has 0 unspecified atom stereocenters. The molecule has 0 fully saturated rings. The first-order valence-electron chi connectivity index (χ1n) is 8.25. The first-order chi connectivity index (χ1) is 12.7. The lowest BCUT2D eigenvalue weighted by Crippen LogP contribution is -2.24. The SMILES string of the molecule is Cn1cc(-c2cncc(CNC(=O)c3nccc4ccccc34)c2)cn1. The van der Waals surface area contributed by atoms with E-state index in [0.717, 1.165) is 27.5 Å². The molecular weight excluding hydrogens is 326 g/mol. The summed E-state index contributed by atoms with van der Waals surface area (Å²) in [5.74, 6) is -0.200. The van der Waals surface area contributed by atoms with Gasteiger partial charge in [0.2, 0.25) is 0 Å². The molecule has 6 nitrogen and oxygen atoms in total. The Hall–Kier alpha value is -3.54. The van der Waals surface area contributed by atoms with E-state index in [4.69, 9.17) is 0 Å². The summed E-state index contributed by atoms with van der Waals surface area (Å²) in [6.07, 6.45) is 8.91. The van der Waals surface area contributed by atoms with Crippen LogP contribution in [0, 0.1) is 0 Å². The summed E-state index contributed by atoms with van der Waals surface area (Å²) in [7, 11) is 1.87. The van der Waals surface area contributed by atoms with Crippen molar-refractivity contribution in [3.63, 3.8) is 0 Å². The summed E-state index contributed by atoms with van der Waals surface area (Å²) in [6.45, 7) is 0.380. The van der Waals surface area contributed by atoms with Crippen LogP contribution in [0.4, 0.5) is 0 Å². The van der Waals surface area contributed by atoms with Gasteiger partial charge in [0.15, 0.2) is 0 Å². The maximum absolute atomic E-state index is 12.6. The summed E-state index contributed by atoms with van der Waals surface area (Å²) in [5, 5.41) is 8.94. The van der Waals surface area contributed by atoms with Crippen LogP contribution in [0.1, 0.15) is 16.1 Å². The third-order valence-corrected chi connectivity index (χ3v) is 4.17. The van der Waals surface area contributed by atoms with Crippen LogP contribution in [0.15, 0.2) is 67.4 Å². The van der Waals surface area contributed by atoms with Crippen LogP contribution in [0.5, 0.6) is 0 Å². The standard InChI is InChI=1S/C20H17N5O/c1-25-13-17(12-24-25)16-8-14(9-21-11-16)10-23-20(26)19-18-5-3-2-4-15(18)6-7-22-19/h2-9,11-13H,10H2,1H3,(H,23,26). The van der Waals surface area contributed by atoms with Gasteiger partial charge < -0.3 is 5.32 Å². The topological polar surface area (TPSA) is 72.7 Å². The van der Waals surface area contributed by atoms with E-state index in [1.165, 1.54) is 0 Å². The summed E-state index contributed by atoms with van der Waals surface area (Å²) in [6, 6.07) is 11.6. The van der Waals surface area contributed by atoms with Crippen LogP contribution in [0.2, 0.25) is 0 Å². The second kappa shape index (κ2) is 6.76. The van der Waals surface area contributed by atoms with Crippen molar-refractivity contribution in [2.45, 2.75) is 6.54 Å². The number of fused-ring (bicyclic) bond motifs is 1. The monoisotopic (exact) mass is 343 g/mol. The number of rotatable bonds is 4. The lowest BCUT2D eigenvalue weighted by molar-refractivity contribution is 0.0948. The lowest BCUT2D eigenvalue weighted by atomic mass is 10.1. The third kappa shape index (κ3) is 3.17. The summed E-state index contributed by atoms with van der Waals surface area (Å²) in [4.78, 5) is 21.1. The minimum Gasteiger partial charge on any atom is -0.347 e. The number of carbonyl (C=O) groups is 1. The molecule has 0 saturated carbocycles. The largest absolute Gasteiger partial charge is 0.347 e. The number of hydrogen-bond donors (Lipinski definition) is 1. The van der Waals surface area contributed by atoms with Crippen LogP contribution in [-0.4, -0.2) is 25.7 Å². The van der Waals surface area contributed by atoms with Crippen LogP contribution in [0.25, 0.3) is 21.9 Å². The van der Waals surface area contributed by atoms with Crippen molar-refractivity contribution in [1.29, 1.82) is 0 Å². The zero-order chi connectivity index (χ0) is 17.9. The van der Waals surface area contributed by atoms with E-state index in [9.17, 15) is 4.79 Å². The normalized spacial score (nSPS) is 10.8. The maximum atomic E-state index is 12.6. The fraction of sp³-hybridized carbons (Fsp3) is 0.100. The zero-order valence-corrected chi connectivity index (χ0v) is 14.3. The molecule has 3 heterocycles. The van der Waals surface area contributed by atoms with Gasteiger partial charge in [-0.3, -0.25) is 19.4 Å². The van der Waals surface area contributed by atoms with E-state index in [-0.39, 0.29) is 5.91 Å². The van der Waals surface area contributed by atoms with Gasteiger partial charge in [0.25, 0.3) is 5.91 Å². The number of carbonyl (C=O) groups excluding carboxylic acids is 1. The Morgan fingerprint density at radius 2 is 2.00 bits per heavy atom. The highest BCUT2D eigenvalue weighted by Crippen LogP contribution is 2.19. The third-order valence-electron chi connectivity index (χ3n) is 4.17. The van der Waals surface area contributed by atoms with Crippen molar-refractivity contribution < 1.29 is 4.79 Å². The smallest absolute Gasteiger partial charge is 0.270 e. The Morgan fingerprint density at radius 1 is 1.12 bits per heavy atom. The molecule has 3 aromatic heterocycles. The molecule has 1 aromatic carbocycles. The molecule has 6 heteroatoms.